The fourth-order valence-electron chi connectivity index (χ4n) is 2.11. The number of fused-ring (bicyclic) bond motifs is 1. The zero-order valence-electron chi connectivity index (χ0n) is 10.5. The monoisotopic (exact) mass is 265 g/mol. The molecule has 1 aliphatic rings. The number of ether oxygens (including phenoxy) is 1. The number of benzene rings is 1. The summed E-state index contributed by atoms with van der Waals surface area (Å²) in [6.45, 7) is 1.81. The number of quaternary nitrogens is 1. The van der Waals surface area contributed by atoms with Gasteiger partial charge < -0.3 is 20.1 Å². The van der Waals surface area contributed by atoms with Crippen LogP contribution in [-0.2, 0) is 9.53 Å². The maximum atomic E-state index is 12.0. The fraction of sp³-hybridized carbons (Fsp3) is 0.385. The first kappa shape index (κ1) is 13.7. The molecule has 3 unspecified atom stereocenters. The number of carboxylic acids is 1. The molecule has 1 heterocycles. The van der Waals surface area contributed by atoms with Crippen molar-refractivity contribution in [3.63, 3.8) is 0 Å². The molecular weight excluding hydrogens is 250 g/mol. The largest absolute Gasteiger partial charge is 0.627 e. The van der Waals surface area contributed by atoms with E-state index in [-0.39, 0.29) is 6.42 Å². The predicted molar refractivity (Wildman–Crippen MR) is 66.0 cm³/mol. The van der Waals surface area contributed by atoms with Gasteiger partial charge in [0.05, 0.1) is 5.56 Å². The van der Waals surface area contributed by atoms with Crippen molar-refractivity contribution >= 4 is 17.4 Å². The van der Waals surface area contributed by atoms with Gasteiger partial charge >= 0.3 is 5.97 Å². The molecule has 0 bridgehead atoms. The Bertz CT molecular complexity index is 502. The minimum absolute atomic E-state index is 0.267. The van der Waals surface area contributed by atoms with Crippen molar-refractivity contribution in [2.24, 2.45) is 0 Å². The Morgan fingerprint density at radius 3 is 2.79 bits per heavy atom. The molecular formula is C13H15NO5. The Morgan fingerprint density at radius 1 is 1.53 bits per heavy atom. The fourth-order valence-corrected chi connectivity index (χ4v) is 2.11. The van der Waals surface area contributed by atoms with E-state index in [2.05, 4.69) is 0 Å². The first-order chi connectivity index (χ1) is 9.06. The van der Waals surface area contributed by atoms with Crippen LogP contribution in [0.2, 0.25) is 0 Å². The quantitative estimate of drug-likeness (QED) is 0.756. The van der Waals surface area contributed by atoms with E-state index >= 15 is 0 Å². The zero-order chi connectivity index (χ0) is 14.0. The van der Waals surface area contributed by atoms with Crippen molar-refractivity contribution in [1.82, 2.24) is 0 Å². The maximum Gasteiger partial charge on any atom is 0.333 e. The summed E-state index contributed by atoms with van der Waals surface area (Å²) in [6, 6.07) is 6.42. The van der Waals surface area contributed by atoms with Crippen LogP contribution < -0.4 is 5.06 Å². The molecule has 6 nitrogen and oxygen atoms in total. The van der Waals surface area contributed by atoms with Gasteiger partial charge in [0.25, 0.3) is 12.0 Å². The molecule has 0 spiro atoms. The van der Waals surface area contributed by atoms with Gasteiger partial charge in [-0.05, 0) is 12.5 Å². The third-order valence-electron chi connectivity index (χ3n) is 3.06. The minimum Gasteiger partial charge on any atom is -0.627 e. The number of hydrogen-bond donors (Lipinski definition) is 2. The van der Waals surface area contributed by atoms with Gasteiger partial charge in [0, 0.05) is 6.07 Å². The minimum atomic E-state index is -1.31. The summed E-state index contributed by atoms with van der Waals surface area (Å²) in [5.74, 6) is -1.61. The van der Waals surface area contributed by atoms with Crippen molar-refractivity contribution in [3.05, 3.63) is 35.0 Å². The Hall–Kier alpha value is -1.76. The lowest BCUT2D eigenvalue weighted by Crippen LogP contribution is -3.06. The molecule has 0 saturated heterocycles. The lowest BCUT2D eigenvalue weighted by molar-refractivity contribution is -0.820. The summed E-state index contributed by atoms with van der Waals surface area (Å²) in [7, 11) is 0. The van der Waals surface area contributed by atoms with E-state index in [4.69, 9.17) is 9.84 Å². The van der Waals surface area contributed by atoms with Crippen LogP contribution in [0.15, 0.2) is 24.3 Å². The summed E-state index contributed by atoms with van der Waals surface area (Å²) in [4.78, 5) is 23.0. The van der Waals surface area contributed by atoms with E-state index in [1.54, 1.807) is 24.3 Å². The highest BCUT2D eigenvalue weighted by molar-refractivity contribution is 6.04. The van der Waals surface area contributed by atoms with Gasteiger partial charge in [-0.25, -0.2) is 4.79 Å². The number of Topliss-reactive ketones (excluding diaryl/α,β-unsaturated/α-hetero) is 1. The van der Waals surface area contributed by atoms with Gasteiger partial charge in [-0.3, -0.25) is 4.79 Å². The molecule has 0 aromatic heterocycles. The average molecular weight is 265 g/mol. The Labute approximate surface area is 110 Å². The second kappa shape index (κ2) is 5.48. The molecule has 2 rings (SSSR count). The SMILES string of the molecule is CCCC(OC1C(=O)c2ccccc2[NH+]1[O-])C(=O)O. The second-order valence-electron chi connectivity index (χ2n) is 4.41. The molecule has 0 fully saturated rings. The highest BCUT2D eigenvalue weighted by Gasteiger charge is 2.41. The van der Waals surface area contributed by atoms with Crippen molar-refractivity contribution in [2.45, 2.75) is 32.1 Å². The smallest absolute Gasteiger partial charge is 0.333 e. The standard InChI is InChI=1S/C13H15NO5/c1-2-5-10(13(16)17)19-12-11(15)8-6-3-4-7-9(8)14(12)18/h3-4,6-7,10,12,14H,2,5H2,1H3,(H,16,17). The molecule has 0 saturated carbocycles. The third kappa shape index (κ3) is 2.51. The van der Waals surface area contributed by atoms with E-state index in [1.165, 1.54) is 0 Å². The highest BCUT2D eigenvalue weighted by atomic mass is 16.6. The molecule has 1 aromatic carbocycles. The van der Waals surface area contributed by atoms with E-state index in [0.29, 0.717) is 17.7 Å². The van der Waals surface area contributed by atoms with Crippen LogP contribution in [0.4, 0.5) is 5.69 Å². The number of carbonyl (C=O) groups excluding carboxylic acids is 1. The number of para-hydroxylation sites is 1. The molecule has 0 radical (unpaired) electrons. The highest BCUT2D eigenvalue weighted by Crippen LogP contribution is 2.20. The van der Waals surface area contributed by atoms with Crippen molar-refractivity contribution in [2.75, 3.05) is 0 Å². The molecule has 0 aliphatic carbocycles. The number of carboxylic acid groups (broad SMARTS) is 1. The summed E-state index contributed by atoms with van der Waals surface area (Å²) in [6.07, 6.45) is -1.58. The number of hydrogen-bond acceptors (Lipinski definition) is 4. The predicted octanol–water partition coefficient (Wildman–Crippen LogP) is 0.493. The van der Waals surface area contributed by atoms with E-state index in [1.807, 2.05) is 6.92 Å². The summed E-state index contributed by atoms with van der Waals surface area (Å²) in [5, 5.41) is 20.6. The van der Waals surface area contributed by atoms with Crippen LogP contribution in [0, 0.1) is 5.21 Å². The van der Waals surface area contributed by atoms with Crippen LogP contribution in [-0.4, -0.2) is 29.2 Å². The summed E-state index contributed by atoms with van der Waals surface area (Å²) >= 11 is 0. The number of rotatable bonds is 5. The third-order valence-corrected chi connectivity index (χ3v) is 3.06. The molecule has 19 heavy (non-hydrogen) atoms. The Morgan fingerprint density at radius 2 is 2.21 bits per heavy atom. The van der Waals surface area contributed by atoms with Gasteiger partial charge in [0.15, 0.2) is 6.10 Å². The molecule has 2 N–H and O–H groups in total. The number of aliphatic carboxylic acids is 1. The second-order valence-corrected chi connectivity index (χ2v) is 4.41. The number of nitrogens with one attached hydrogen (secondary N) is 1. The lowest BCUT2D eigenvalue weighted by atomic mass is 10.1. The lowest BCUT2D eigenvalue weighted by Gasteiger charge is -2.25. The number of hydroxylamine groups is 1. The van der Waals surface area contributed by atoms with Crippen molar-refractivity contribution < 1.29 is 24.5 Å². The molecule has 102 valence electrons. The van der Waals surface area contributed by atoms with Crippen LogP contribution in [0.5, 0.6) is 0 Å². The van der Waals surface area contributed by atoms with Gasteiger partial charge in [0.1, 0.15) is 5.69 Å². The van der Waals surface area contributed by atoms with Gasteiger partial charge in [0.2, 0.25) is 0 Å². The first-order valence-electron chi connectivity index (χ1n) is 6.12. The molecule has 0 amide bonds. The Kier molecular flexibility index (Phi) is 3.94. The van der Waals surface area contributed by atoms with Crippen LogP contribution in [0.25, 0.3) is 0 Å². The molecule has 1 aliphatic heterocycles. The summed E-state index contributed by atoms with van der Waals surface area (Å²) < 4.78 is 5.22. The maximum absolute atomic E-state index is 12.0. The van der Waals surface area contributed by atoms with E-state index in [0.717, 1.165) is 0 Å². The van der Waals surface area contributed by atoms with Gasteiger partial charge in [-0.15, -0.1) is 0 Å². The molecule has 1 aromatic rings. The van der Waals surface area contributed by atoms with Crippen molar-refractivity contribution in [3.8, 4) is 0 Å². The van der Waals surface area contributed by atoms with Crippen LogP contribution in [0.3, 0.4) is 0 Å². The Balaban J connectivity index is 2.19. The van der Waals surface area contributed by atoms with Gasteiger partial charge in [-0.2, -0.15) is 0 Å². The molecule has 3 atom stereocenters. The topological polar surface area (TPSA) is 91.1 Å². The zero-order valence-corrected chi connectivity index (χ0v) is 10.5. The number of carbonyl (C=O) groups is 2. The van der Waals surface area contributed by atoms with Gasteiger partial charge in [-0.1, -0.05) is 25.5 Å². The number of ketones is 1. The van der Waals surface area contributed by atoms with Crippen LogP contribution in [0.1, 0.15) is 30.1 Å². The average Bonchev–Trinajstić information content (AvgIpc) is 2.63. The normalized spacial score (nSPS) is 23.2. The van der Waals surface area contributed by atoms with E-state index in [9.17, 15) is 14.8 Å². The van der Waals surface area contributed by atoms with Crippen molar-refractivity contribution in [1.29, 1.82) is 0 Å². The first-order valence-corrected chi connectivity index (χ1v) is 6.12. The van der Waals surface area contributed by atoms with E-state index < -0.39 is 29.1 Å². The summed E-state index contributed by atoms with van der Waals surface area (Å²) in [5.41, 5.74) is 0.608. The van der Waals surface area contributed by atoms with Crippen LogP contribution >= 0.6 is 0 Å². The molecule has 6 heteroatoms.